The molecular formula is C28H51NaO4S. The van der Waals surface area contributed by atoms with Gasteiger partial charge in [0, 0.05) is 0 Å². The Balaban J connectivity index is 0. The maximum absolute atomic E-state index is 13.1. The summed E-state index contributed by atoms with van der Waals surface area (Å²) >= 11 is 0. The van der Waals surface area contributed by atoms with Gasteiger partial charge in [0.25, 0.3) is 0 Å². The molecule has 0 radical (unpaired) electrons. The molecule has 1 rings (SSSR count). The fourth-order valence-electron chi connectivity index (χ4n) is 4.47. The zero-order valence-electron chi connectivity index (χ0n) is 23.5. The van der Waals surface area contributed by atoms with Gasteiger partial charge in [0.2, 0.25) is 0 Å². The fraction of sp³-hybridized carbons (Fsp3) is 0.786. The number of hydrogen-bond donors (Lipinski definition) is 1. The van der Waals surface area contributed by atoms with Gasteiger partial charge in [0.05, 0.1) is 11.4 Å². The van der Waals surface area contributed by atoms with E-state index in [0.717, 1.165) is 38.5 Å². The first-order valence-corrected chi connectivity index (χ1v) is 15.0. The van der Waals surface area contributed by atoms with Gasteiger partial charge in [0.1, 0.15) is 5.75 Å². The Morgan fingerprint density at radius 2 is 1.26 bits per heavy atom. The van der Waals surface area contributed by atoms with Crippen LogP contribution < -0.4 is 33.7 Å². The predicted molar refractivity (Wildman–Crippen MR) is 141 cm³/mol. The van der Waals surface area contributed by atoms with E-state index in [4.69, 9.17) is 4.18 Å². The Labute approximate surface area is 234 Å². The Morgan fingerprint density at radius 3 is 1.79 bits per heavy atom. The number of benzene rings is 1. The molecule has 0 bridgehead atoms. The summed E-state index contributed by atoms with van der Waals surface area (Å²) < 4.78 is 31.7. The first-order valence-electron chi connectivity index (χ1n) is 13.6. The number of rotatable bonds is 21. The predicted octanol–water partition coefficient (Wildman–Crippen LogP) is 5.16. The SMILES string of the molecule is CCCCCCCCCCCCC(CC(CCCCC)S(=O)(=O)Oc1ccccc1)C(C)O.[H-].[Na+]. The van der Waals surface area contributed by atoms with Gasteiger partial charge in [-0.25, -0.2) is 0 Å². The third-order valence-corrected chi connectivity index (χ3v) is 8.34. The average molecular weight is 507 g/mol. The molecule has 4 nitrogen and oxygen atoms in total. The van der Waals surface area contributed by atoms with Crippen LogP contribution in [0.2, 0.25) is 0 Å². The van der Waals surface area contributed by atoms with Crippen molar-refractivity contribution < 1.29 is 48.7 Å². The van der Waals surface area contributed by atoms with Gasteiger partial charge in [-0.3, -0.25) is 0 Å². The Morgan fingerprint density at radius 1 is 0.794 bits per heavy atom. The second-order valence-corrected chi connectivity index (χ2v) is 11.5. The Hall–Kier alpha value is -0.0700. The molecule has 34 heavy (non-hydrogen) atoms. The van der Waals surface area contributed by atoms with Crippen LogP contribution in [0.4, 0.5) is 0 Å². The van der Waals surface area contributed by atoms with Crippen molar-refractivity contribution in [1.29, 1.82) is 0 Å². The molecule has 1 aromatic carbocycles. The van der Waals surface area contributed by atoms with Gasteiger partial charge < -0.3 is 10.7 Å². The summed E-state index contributed by atoms with van der Waals surface area (Å²) in [5.74, 6) is 0.348. The largest absolute Gasteiger partial charge is 1.00 e. The molecule has 3 atom stereocenters. The molecule has 0 heterocycles. The zero-order valence-corrected chi connectivity index (χ0v) is 25.3. The van der Waals surface area contributed by atoms with Crippen LogP contribution in [0.5, 0.6) is 5.75 Å². The number of hydrogen-bond acceptors (Lipinski definition) is 4. The molecule has 0 amide bonds. The van der Waals surface area contributed by atoms with E-state index < -0.39 is 21.5 Å². The molecule has 3 unspecified atom stereocenters. The van der Waals surface area contributed by atoms with Crippen molar-refractivity contribution in [1.82, 2.24) is 0 Å². The van der Waals surface area contributed by atoms with Gasteiger partial charge in [-0.1, -0.05) is 116 Å². The minimum atomic E-state index is -3.75. The van der Waals surface area contributed by atoms with Gasteiger partial charge in [-0.05, 0) is 44.2 Å². The number of aliphatic hydroxyl groups is 1. The molecule has 1 N–H and O–H groups in total. The quantitative estimate of drug-likeness (QED) is 0.142. The fourth-order valence-corrected chi connectivity index (χ4v) is 5.92. The topological polar surface area (TPSA) is 63.6 Å². The molecular weight excluding hydrogens is 455 g/mol. The summed E-state index contributed by atoms with van der Waals surface area (Å²) in [7, 11) is -3.75. The van der Waals surface area contributed by atoms with Crippen molar-refractivity contribution in [2.75, 3.05) is 0 Å². The van der Waals surface area contributed by atoms with Crippen LogP contribution in [0.3, 0.4) is 0 Å². The third kappa shape index (κ3) is 15.8. The maximum atomic E-state index is 13.1. The van der Waals surface area contributed by atoms with Gasteiger partial charge in [-0.15, -0.1) is 0 Å². The first kappa shape index (κ1) is 33.9. The second kappa shape index (κ2) is 21.1. The van der Waals surface area contributed by atoms with Crippen LogP contribution in [0.1, 0.15) is 125 Å². The minimum Gasteiger partial charge on any atom is -1.00 e. The van der Waals surface area contributed by atoms with E-state index in [1.54, 1.807) is 31.2 Å². The molecule has 0 aliphatic heterocycles. The Bertz CT molecular complexity index is 685. The van der Waals surface area contributed by atoms with E-state index in [-0.39, 0.29) is 36.9 Å². The molecule has 0 aliphatic carbocycles. The van der Waals surface area contributed by atoms with Crippen LogP contribution in [0, 0.1) is 5.92 Å². The monoisotopic (exact) mass is 506 g/mol. The van der Waals surface area contributed by atoms with Crippen LogP contribution in [0.25, 0.3) is 0 Å². The number of para-hydroxylation sites is 1. The van der Waals surface area contributed by atoms with Gasteiger partial charge >= 0.3 is 39.7 Å². The second-order valence-electron chi connectivity index (χ2n) is 9.71. The normalized spacial score (nSPS) is 14.2. The maximum Gasteiger partial charge on any atom is 1.00 e. The molecule has 194 valence electrons. The number of unbranched alkanes of at least 4 members (excludes halogenated alkanes) is 11. The van der Waals surface area contributed by atoms with E-state index in [1.807, 2.05) is 6.07 Å². The molecule has 0 saturated heterocycles. The summed E-state index contributed by atoms with van der Waals surface area (Å²) in [4.78, 5) is 0. The first-order chi connectivity index (χ1) is 15.9. The van der Waals surface area contributed by atoms with E-state index in [0.29, 0.717) is 18.6 Å². The molecule has 0 spiro atoms. The molecule has 0 saturated carbocycles. The summed E-state index contributed by atoms with van der Waals surface area (Å²) in [6.45, 7) is 6.17. The molecule has 1 aromatic rings. The molecule has 0 aliphatic rings. The van der Waals surface area contributed by atoms with Crippen LogP contribution in [-0.4, -0.2) is 24.9 Å². The van der Waals surface area contributed by atoms with Crippen molar-refractivity contribution >= 4 is 10.1 Å². The minimum absolute atomic E-state index is 0. The van der Waals surface area contributed by atoms with Crippen molar-refractivity contribution in [2.45, 2.75) is 135 Å². The van der Waals surface area contributed by atoms with E-state index in [1.165, 1.54) is 51.4 Å². The van der Waals surface area contributed by atoms with Crippen LogP contribution in [-0.2, 0) is 10.1 Å². The van der Waals surface area contributed by atoms with Crippen molar-refractivity contribution in [3.05, 3.63) is 30.3 Å². The van der Waals surface area contributed by atoms with Gasteiger partial charge in [0.15, 0.2) is 0 Å². The summed E-state index contributed by atoms with van der Waals surface area (Å²) in [5, 5.41) is 9.82. The van der Waals surface area contributed by atoms with Gasteiger partial charge in [-0.2, -0.15) is 8.42 Å². The summed E-state index contributed by atoms with van der Waals surface area (Å²) in [6.07, 6.45) is 17.1. The smallest absolute Gasteiger partial charge is 1.00 e. The summed E-state index contributed by atoms with van der Waals surface area (Å²) in [6, 6.07) is 8.75. The van der Waals surface area contributed by atoms with Crippen molar-refractivity contribution in [3.63, 3.8) is 0 Å². The van der Waals surface area contributed by atoms with E-state index >= 15 is 0 Å². The van der Waals surface area contributed by atoms with Crippen molar-refractivity contribution in [2.24, 2.45) is 5.92 Å². The van der Waals surface area contributed by atoms with Crippen LogP contribution >= 0.6 is 0 Å². The van der Waals surface area contributed by atoms with Crippen molar-refractivity contribution in [3.8, 4) is 5.75 Å². The van der Waals surface area contributed by atoms with E-state index in [2.05, 4.69) is 13.8 Å². The summed E-state index contributed by atoms with van der Waals surface area (Å²) in [5.41, 5.74) is 0. The Kier molecular flexibility index (Phi) is 21.0. The molecule has 6 heteroatoms. The average Bonchev–Trinajstić information content (AvgIpc) is 2.78. The zero-order chi connectivity index (χ0) is 24.4. The third-order valence-electron chi connectivity index (χ3n) is 6.67. The molecule has 0 fully saturated rings. The molecule has 0 aromatic heterocycles. The van der Waals surface area contributed by atoms with E-state index in [9.17, 15) is 13.5 Å². The number of aliphatic hydroxyl groups excluding tert-OH is 1. The van der Waals surface area contributed by atoms with Crippen LogP contribution in [0.15, 0.2) is 30.3 Å². The standard InChI is InChI=1S/C28H50O4S.Na.H/c1-4-6-8-9-10-11-12-13-14-17-20-26(25(3)29)24-28(23-16-7-5-2)33(30,31)32-27-21-18-15-19-22-27;;/h15,18-19,21-22,25-26,28-29H,4-14,16-17,20,23-24H2,1-3H3;;/q;+1;-1.